The summed E-state index contributed by atoms with van der Waals surface area (Å²) in [5.74, 6) is 0.714. The highest BCUT2D eigenvalue weighted by molar-refractivity contribution is 5.15. The van der Waals surface area contributed by atoms with Crippen LogP contribution in [-0.4, -0.2) is 37.3 Å². The number of aromatic nitrogens is 4. The predicted molar refractivity (Wildman–Crippen MR) is 87.4 cm³/mol. The van der Waals surface area contributed by atoms with Crippen LogP contribution in [0, 0.1) is 12.8 Å². The third-order valence-corrected chi connectivity index (χ3v) is 4.39. The van der Waals surface area contributed by atoms with Gasteiger partial charge in [0.1, 0.15) is 0 Å². The van der Waals surface area contributed by atoms with Crippen molar-refractivity contribution in [3.63, 3.8) is 0 Å². The molecule has 0 saturated carbocycles. The molecule has 0 bridgehead atoms. The number of piperidine rings is 1. The lowest BCUT2D eigenvalue weighted by Crippen LogP contribution is -2.36. The predicted octanol–water partition coefficient (Wildman–Crippen LogP) is 2.49. The Labute approximate surface area is 132 Å². The molecule has 1 fully saturated rings. The van der Waals surface area contributed by atoms with Crippen molar-refractivity contribution < 1.29 is 0 Å². The van der Waals surface area contributed by atoms with Gasteiger partial charge < -0.3 is 4.57 Å². The molecule has 2 aromatic heterocycles. The Morgan fingerprint density at radius 3 is 3.14 bits per heavy atom. The van der Waals surface area contributed by atoms with Crippen LogP contribution in [0.15, 0.2) is 37.6 Å². The van der Waals surface area contributed by atoms with Gasteiger partial charge in [0.15, 0.2) is 0 Å². The summed E-state index contributed by atoms with van der Waals surface area (Å²) in [6.07, 6.45) is 12.5. The fourth-order valence-corrected chi connectivity index (χ4v) is 3.32. The van der Waals surface area contributed by atoms with E-state index in [4.69, 9.17) is 0 Å². The van der Waals surface area contributed by atoms with Crippen molar-refractivity contribution in [1.82, 2.24) is 24.2 Å². The van der Waals surface area contributed by atoms with Crippen molar-refractivity contribution in [3.8, 4) is 0 Å². The number of aryl methyl sites for hydroxylation is 1. The summed E-state index contributed by atoms with van der Waals surface area (Å²) >= 11 is 0. The molecule has 1 aliphatic rings. The molecule has 1 atom stereocenters. The summed E-state index contributed by atoms with van der Waals surface area (Å²) in [5.41, 5.74) is 2.48. The normalized spacial score (nSPS) is 19.4. The van der Waals surface area contributed by atoms with Crippen LogP contribution in [0.2, 0.25) is 0 Å². The number of hydrogen-bond acceptors (Lipinski definition) is 3. The Hall–Kier alpha value is -1.88. The van der Waals surface area contributed by atoms with Crippen molar-refractivity contribution in [1.29, 1.82) is 0 Å². The van der Waals surface area contributed by atoms with Crippen molar-refractivity contribution in [2.24, 2.45) is 5.92 Å². The first-order valence-corrected chi connectivity index (χ1v) is 8.06. The first-order chi connectivity index (χ1) is 10.7. The van der Waals surface area contributed by atoms with E-state index in [0.29, 0.717) is 5.92 Å². The SMILES string of the molecule is C=CCn1cc(CN2CCC[C@H](Cn3ccnc3)C2)c(C)n1. The second-order valence-corrected chi connectivity index (χ2v) is 6.25. The number of nitrogens with zero attached hydrogens (tertiary/aromatic N) is 5. The zero-order valence-corrected chi connectivity index (χ0v) is 13.4. The van der Waals surface area contributed by atoms with Gasteiger partial charge in [-0.2, -0.15) is 5.10 Å². The molecule has 1 aliphatic heterocycles. The van der Waals surface area contributed by atoms with Crippen LogP contribution in [0.1, 0.15) is 24.1 Å². The molecule has 5 nitrogen and oxygen atoms in total. The molecule has 0 N–H and O–H groups in total. The van der Waals surface area contributed by atoms with Gasteiger partial charge in [0.05, 0.1) is 18.6 Å². The largest absolute Gasteiger partial charge is 0.337 e. The minimum Gasteiger partial charge on any atom is -0.337 e. The second kappa shape index (κ2) is 6.92. The van der Waals surface area contributed by atoms with E-state index in [1.165, 1.54) is 24.9 Å². The summed E-state index contributed by atoms with van der Waals surface area (Å²) in [4.78, 5) is 6.70. The van der Waals surface area contributed by atoms with Gasteiger partial charge in [0, 0.05) is 43.8 Å². The number of rotatable bonds is 6. The molecular weight excluding hydrogens is 274 g/mol. The lowest BCUT2D eigenvalue weighted by atomic mass is 9.97. The topological polar surface area (TPSA) is 38.9 Å². The van der Waals surface area contributed by atoms with E-state index in [-0.39, 0.29) is 0 Å². The van der Waals surface area contributed by atoms with E-state index >= 15 is 0 Å². The molecule has 3 heterocycles. The lowest BCUT2D eigenvalue weighted by molar-refractivity contribution is 0.155. The van der Waals surface area contributed by atoms with E-state index in [2.05, 4.69) is 45.4 Å². The highest BCUT2D eigenvalue weighted by atomic mass is 15.3. The Morgan fingerprint density at radius 2 is 2.36 bits per heavy atom. The molecule has 0 unspecified atom stereocenters. The average Bonchev–Trinajstić information content (AvgIpc) is 3.11. The van der Waals surface area contributed by atoms with Crippen molar-refractivity contribution in [2.75, 3.05) is 13.1 Å². The molecule has 1 saturated heterocycles. The zero-order chi connectivity index (χ0) is 15.4. The minimum atomic E-state index is 0.714. The molecule has 0 radical (unpaired) electrons. The fourth-order valence-electron chi connectivity index (χ4n) is 3.32. The van der Waals surface area contributed by atoms with Crippen LogP contribution in [-0.2, 0) is 19.6 Å². The summed E-state index contributed by atoms with van der Waals surface area (Å²) < 4.78 is 4.17. The maximum absolute atomic E-state index is 4.55. The molecule has 0 spiro atoms. The van der Waals surface area contributed by atoms with E-state index in [0.717, 1.165) is 31.9 Å². The van der Waals surface area contributed by atoms with Crippen LogP contribution >= 0.6 is 0 Å². The van der Waals surface area contributed by atoms with Gasteiger partial charge >= 0.3 is 0 Å². The Morgan fingerprint density at radius 1 is 1.45 bits per heavy atom. The van der Waals surface area contributed by atoms with E-state index in [1.54, 1.807) is 0 Å². The number of hydrogen-bond donors (Lipinski definition) is 0. The van der Waals surface area contributed by atoms with Crippen LogP contribution in [0.3, 0.4) is 0 Å². The number of imidazole rings is 1. The maximum atomic E-state index is 4.55. The standard InChI is InChI=1S/C17H25N5/c1-3-7-22-13-17(15(2)19-22)12-20-8-4-5-16(10-20)11-21-9-6-18-14-21/h3,6,9,13-14,16H,1,4-5,7-8,10-12H2,2H3/t16-/m0/s1. The molecule has 118 valence electrons. The summed E-state index contributed by atoms with van der Waals surface area (Å²) in [6.45, 7) is 11.1. The third-order valence-electron chi connectivity index (χ3n) is 4.39. The van der Waals surface area contributed by atoms with Crippen LogP contribution in [0.25, 0.3) is 0 Å². The molecule has 5 heteroatoms. The maximum Gasteiger partial charge on any atom is 0.0946 e. The average molecular weight is 299 g/mol. The van der Waals surface area contributed by atoms with Crippen LogP contribution < -0.4 is 0 Å². The van der Waals surface area contributed by atoms with Gasteiger partial charge in [0.2, 0.25) is 0 Å². The minimum absolute atomic E-state index is 0.714. The summed E-state index contributed by atoms with van der Waals surface area (Å²) in [5, 5.41) is 4.55. The molecule has 0 amide bonds. The smallest absolute Gasteiger partial charge is 0.0946 e. The Bertz CT molecular complexity index is 599. The molecule has 0 aliphatic carbocycles. The highest BCUT2D eigenvalue weighted by Crippen LogP contribution is 2.21. The molecule has 3 rings (SSSR count). The van der Waals surface area contributed by atoms with Crippen LogP contribution in [0.5, 0.6) is 0 Å². The van der Waals surface area contributed by atoms with Gasteiger partial charge in [-0.15, -0.1) is 6.58 Å². The van der Waals surface area contributed by atoms with Crippen molar-refractivity contribution in [2.45, 2.75) is 39.4 Å². The monoisotopic (exact) mass is 299 g/mol. The summed E-state index contributed by atoms with van der Waals surface area (Å²) in [6, 6.07) is 0. The molecule has 0 aromatic carbocycles. The van der Waals surface area contributed by atoms with Gasteiger partial charge in [-0.1, -0.05) is 6.08 Å². The van der Waals surface area contributed by atoms with Gasteiger partial charge in [-0.05, 0) is 32.2 Å². The van der Waals surface area contributed by atoms with E-state index in [1.807, 2.05) is 23.3 Å². The van der Waals surface area contributed by atoms with Gasteiger partial charge in [-0.3, -0.25) is 9.58 Å². The van der Waals surface area contributed by atoms with Gasteiger partial charge in [-0.25, -0.2) is 4.98 Å². The lowest BCUT2D eigenvalue weighted by Gasteiger charge is -2.32. The third kappa shape index (κ3) is 3.65. The van der Waals surface area contributed by atoms with Crippen molar-refractivity contribution in [3.05, 3.63) is 48.8 Å². The van der Waals surface area contributed by atoms with E-state index < -0.39 is 0 Å². The highest BCUT2D eigenvalue weighted by Gasteiger charge is 2.21. The molecule has 2 aromatic rings. The number of likely N-dealkylation sites (tertiary alicyclic amines) is 1. The molecule has 22 heavy (non-hydrogen) atoms. The fraction of sp³-hybridized carbons (Fsp3) is 0.529. The van der Waals surface area contributed by atoms with Crippen molar-refractivity contribution >= 4 is 0 Å². The first kappa shape index (κ1) is 15.0. The Kier molecular flexibility index (Phi) is 4.73. The quantitative estimate of drug-likeness (QED) is 0.769. The second-order valence-electron chi connectivity index (χ2n) is 6.25. The number of allylic oxidation sites excluding steroid dienone is 1. The molecular formula is C17H25N5. The Balaban J connectivity index is 1.59. The summed E-state index contributed by atoms with van der Waals surface area (Å²) in [7, 11) is 0. The van der Waals surface area contributed by atoms with Gasteiger partial charge in [0.25, 0.3) is 0 Å². The van der Waals surface area contributed by atoms with E-state index in [9.17, 15) is 0 Å². The zero-order valence-electron chi connectivity index (χ0n) is 13.4. The van der Waals surface area contributed by atoms with Crippen LogP contribution in [0.4, 0.5) is 0 Å². The first-order valence-electron chi connectivity index (χ1n) is 8.06.